The van der Waals surface area contributed by atoms with Crippen LogP contribution < -0.4 is 0 Å². The number of rotatable bonds is 1. The lowest BCUT2D eigenvalue weighted by molar-refractivity contribution is 0.143. The molecule has 0 saturated carbocycles. The summed E-state index contributed by atoms with van der Waals surface area (Å²) in [7, 11) is 0. The summed E-state index contributed by atoms with van der Waals surface area (Å²) in [6.45, 7) is 3.14. The Bertz CT molecular complexity index is 500. The second-order valence-electron chi connectivity index (χ2n) is 3.68. The summed E-state index contributed by atoms with van der Waals surface area (Å²) in [5.74, 6) is 5.36. The number of halogens is 1. The van der Waals surface area contributed by atoms with Crippen LogP contribution in [0.2, 0.25) is 5.02 Å². The van der Waals surface area contributed by atoms with Crippen molar-refractivity contribution in [3.63, 3.8) is 0 Å². The minimum absolute atomic E-state index is 0.430. The number of carbonyl (C=O) groups excluding carboxylic acids is 1. The maximum absolute atomic E-state index is 10.1. The molecule has 16 heavy (non-hydrogen) atoms. The lowest BCUT2D eigenvalue weighted by Crippen LogP contribution is -2.14. The molecule has 0 saturated heterocycles. The molecule has 0 unspecified atom stereocenters. The van der Waals surface area contributed by atoms with E-state index in [0.717, 1.165) is 0 Å². The van der Waals surface area contributed by atoms with Crippen molar-refractivity contribution in [2.45, 2.75) is 19.4 Å². The second kappa shape index (κ2) is 4.96. The van der Waals surface area contributed by atoms with E-state index in [1.54, 1.807) is 32.0 Å². The molecule has 0 aliphatic heterocycles. The van der Waals surface area contributed by atoms with Crippen LogP contribution in [0.15, 0.2) is 23.2 Å². The van der Waals surface area contributed by atoms with Crippen molar-refractivity contribution in [3.8, 4) is 11.8 Å². The maximum atomic E-state index is 10.1. The van der Waals surface area contributed by atoms with E-state index in [-0.39, 0.29) is 0 Å². The van der Waals surface area contributed by atoms with E-state index in [1.807, 2.05) is 0 Å². The van der Waals surface area contributed by atoms with Gasteiger partial charge < -0.3 is 5.11 Å². The van der Waals surface area contributed by atoms with Gasteiger partial charge in [0, 0.05) is 5.56 Å². The predicted molar refractivity (Wildman–Crippen MR) is 62.4 cm³/mol. The van der Waals surface area contributed by atoms with Crippen LogP contribution in [0.1, 0.15) is 19.4 Å². The van der Waals surface area contributed by atoms with Crippen molar-refractivity contribution in [2.24, 2.45) is 4.99 Å². The van der Waals surface area contributed by atoms with Gasteiger partial charge >= 0.3 is 0 Å². The van der Waals surface area contributed by atoms with Crippen LogP contribution in [0.25, 0.3) is 0 Å². The third kappa shape index (κ3) is 3.88. The first kappa shape index (κ1) is 12.5. The fourth-order valence-corrected chi connectivity index (χ4v) is 1.12. The number of hydrogen-bond acceptors (Lipinski definition) is 3. The Kier molecular flexibility index (Phi) is 3.87. The molecule has 0 spiro atoms. The fraction of sp³-hybridized carbons (Fsp3) is 0.250. The molecule has 0 aliphatic rings. The normalized spacial score (nSPS) is 10.0. The van der Waals surface area contributed by atoms with Gasteiger partial charge in [-0.2, -0.15) is 4.99 Å². The molecule has 0 radical (unpaired) electrons. The van der Waals surface area contributed by atoms with Crippen molar-refractivity contribution < 1.29 is 9.90 Å². The van der Waals surface area contributed by atoms with Gasteiger partial charge in [-0.1, -0.05) is 23.4 Å². The average molecular weight is 236 g/mol. The first-order valence-electron chi connectivity index (χ1n) is 4.55. The largest absolute Gasteiger partial charge is 0.378 e. The Morgan fingerprint density at radius 3 is 2.69 bits per heavy atom. The highest BCUT2D eigenvalue weighted by Gasteiger charge is 2.06. The topological polar surface area (TPSA) is 49.7 Å². The smallest absolute Gasteiger partial charge is 0.240 e. The van der Waals surface area contributed by atoms with Crippen LogP contribution in [0.5, 0.6) is 0 Å². The third-order valence-electron chi connectivity index (χ3n) is 1.63. The molecular formula is C12H10ClNO2. The summed E-state index contributed by atoms with van der Waals surface area (Å²) in [5.41, 5.74) is -0.146. The van der Waals surface area contributed by atoms with Gasteiger partial charge in [-0.25, -0.2) is 4.79 Å². The molecule has 0 atom stereocenters. The van der Waals surface area contributed by atoms with Crippen molar-refractivity contribution in [1.82, 2.24) is 0 Å². The van der Waals surface area contributed by atoms with Gasteiger partial charge in [0.15, 0.2) is 0 Å². The Labute approximate surface area is 98.8 Å². The van der Waals surface area contributed by atoms with E-state index in [9.17, 15) is 9.90 Å². The average Bonchev–Trinajstić information content (AvgIpc) is 2.18. The van der Waals surface area contributed by atoms with Crippen LogP contribution in [-0.4, -0.2) is 16.8 Å². The van der Waals surface area contributed by atoms with Crippen molar-refractivity contribution >= 4 is 23.4 Å². The Hall–Kier alpha value is -1.59. The maximum Gasteiger partial charge on any atom is 0.240 e. The van der Waals surface area contributed by atoms with Crippen LogP contribution in [-0.2, 0) is 4.79 Å². The summed E-state index contributed by atoms with van der Waals surface area (Å²) >= 11 is 5.90. The molecule has 4 heteroatoms. The number of hydrogen-bond donors (Lipinski definition) is 1. The molecule has 3 nitrogen and oxygen atoms in total. The van der Waals surface area contributed by atoms with Crippen molar-refractivity contribution in [2.75, 3.05) is 0 Å². The zero-order valence-corrected chi connectivity index (χ0v) is 9.67. The minimum atomic E-state index is -1.09. The van der Waals surface area contributed by atoms with E-state index in [1.165, 1.54) is 6.08 Å². The highest BCUT2D eigenvalue weighted by atomic mass is 35.5. The molecule has 1 rings (SSSR count). The summed E-state index contributed by atoms with van der Waals surface area (Å²) in [6, 6.07) is 4.74. The number of isocyanates is 1. The highest BCUT2D eigenvalue weighted by molar-refractivity contribution is 6.31. The molecule has 1 aromatic rings. The van der Waals surface area contributed by atoms with Gasteiger partial charge in [0.2, 0.25) is 6.08 Å². The number of aliphatic hydroxyl groups is 1. The lowest BCUT2D eigenvalue weighted by atomic mass is 10.1. The van der Waals surface area contributed by atoms with Gasteiger partial charge in [-0.15, -0.1) is 0 Å². The Balaban J connectivity index is 3.16. The van der Waals surface area contributed by atoms with Crippen LogP contribution in [0, 0.1) is 11.8 Å². The monoisotopic (exact) mass is 235 g/mol. The van der Waals surface area contributed by atoms with Crippen LogP contribution in [0.3, 0.4) is 0 Å². The summed E-state index contributed by atoms with van der Waals surface area (Å²) in [4.78, 5) is 13.5. The molecule has 0 aliphatic carbocycles. The fourth-order valence-electron chi connectivity index (χ4n) is 0.952. The molecule has 82 valence electrons. The predicted octanol–water partition coefficient (Wildman–Crippen LogP) is 2.43. The Morgan fingerprint density at radius 2 is 2.12 bits per heavy atom. The quantitative estimate of drug-likeness (QED) is 0.462. The highest BCUT2D eigenvalue weighted by Crippen LogP contribution is 2.21. The second-order valence-corrected chi connectivity index (χ2v) is 4.08. The number of benzene rings is 1. The van der Waals surface area contributed by atoms with E-state index in [4.69, 9.17) is 11.6 Å². The lowest BCUT2D eigenvalue weighted by Gasteiger charge is -2.06. The zero-order chi connectivity index (χ0) is 12.2. The van der Waals surface area contributed by atoms with E-state index in [0.29, 0.717) is 16.3 Å². The Morgan fingerprint density at radius 1 is 1.44 bits per heavy atom. The number of nitrogens with zero attached hydrogens (tertiary/aromatic N) is 1. The third-order valence-corrected chi connectivity index (χ3v) is 1.96. The molecular weight excluding hydrogens is 226 g/mol. The van der Waals surface area contributed by atoms with Crippen molar-refractivity contribution in [1.29, 1.82) is 0 Å². The molecule has 1 N–H and O–H groups in total. The number of aliphatic imine (C=N–C) groups is 1. The van der Waals surface area contributed by atoms with Crippen LogP contribution >= 0.6 is 11.6 Å². The van der Waals surface area contributed by atoms with Crippen molar-refractivity contribution in [3.05, 3.63) is 28.8 Å². The molecule has 0 amide bonds. The SMILES string of the molecule is CC(C)(O)C#Cc1cc(N=C=O)ccc1Cl. The molecule has 0 heterocycles. The van der Waals surface area contributed by atoms with Gasteiger partial charge in [0.1, 0.15) is 5.60 Å². The van der Waals surface area contributed by atoms with E-state index < -0.39 is 5.60 Å². The molecule has 0 bridgehead atoms. The minimum Gasteiger partial charge on any atom is -0.378 e. The van der Waals surface area contributed by atoms with E-state index >= 15 is 0 Å². The summed E-state index contributed by atoms with van der Waals surface area (Å²) in [6.07, 6.45) is 1.44. The molecule has 0 aromatic heterocycles. The molecule has 0 fully saturated rings. The van der Waals surface area contributed by atoms with Gasteiger partial charge in [0.25, 0.3) is 0 Å². The van der Waals surface area contributed by atoms with Gasteiger partial charge in [-0.05, 0) is 32.0 Å². The summed E-state index contributed by atoms with van der Waals surface area (Å²) in [5, 5.41) is 9.89. The standard InChI is InChI=1S/C12H10ClNO2/c1-12(2,16)6-5-9-7-10(14-8-15)3-4-11(9)13/h3-4,7,16H,1-2H3. The van der Waals surface area contributed by atoms with Gasteiger partial charge in [-0.3, -0.25) is 0 Å². The zero-order valence-electron chi connectivity index (χ0n) is 8.91. The molecule has 1 aromatic carbocycles. The van der Waals surface area contributed by atoms with Gasteiger partial charge in [0.05, 0.1) is 10.7 Å². The first-order valence-corrected chi connectivity index (χ1v) is 4.93. The van der Waals surface area contributed by atoms with Crippen LogP contribution in [0.4, 0.5) is 5.69 Å². The van der Waals surface area contributed by atoms with E-state index in [2.05, 4.69) is 16.8 Å². The summed E-state index contributed by atoms with van der Waals surface area (Å²) < 4.78 is 0. The first-order chi connectivity index (χ1) is 7.42.